The molecular weight excluding hydrogens is 266 g/mol. The predicted molar refractivity (Wildman–Crippen MR) is 81.1 cm³/mol. The van der Waals surface area contributed by atoms with E-state index in [1.54, 1.807) is 0 Å². The Kier molecular flexibility index (Phi) is 5.53. The van der Waals surface area contributed by atoms with Crippen molar-refractivity contribution in [3.63, 3.8) is 0 Å². The molecule has 1 saturated heterocycles. The van der Waals surface area contributed by atoms with Gasteiger partial charge in [0, 0.05) is 19.0 Å². The van der Waals surface area contributed by atoms with Crippen LogP contribution < -0.4 is 4.74 Å². The number of hydrogen-bond donors (Lipinski definition) is 0. The van der Waals surface area contributed by atoms with Crippen LogP contribution >= 0.6 is 0 Å². The lowest BCUT2D eigenvalue weighted by Crippen LogP contribution is -2.44. The first-order chi connectivity index (χ1) is 10.1. The maximum Gasteiger partial charge on any atom is 0.233 e. The van der Waals surface area contributed by atoms with Gasteiger partial charge in [0.25, 0.3) is 0 Å². The second kappa shape index (κ2) is 7.38. The van der Waals surface area contributed by atoms with Gasteiger partial charge in [-0.15, -0.1) is 5.10 Å². The zero-order valence-corrected chi connectivity index (χ0v) is 13.2. The van der Waals surface area contributed by atoms with E-state index in [1.807, 2.05) is 24.0 Å². The van der Waals surface area contributed by atoms with Gasteiger partial charge in [-0.3, -0.25) is 4.79 Å². The Balaban J connectivity index is 1.88. The highest BCUT2D eigenvalue weighted by Gasteiger charge is 2.25. The van der Waals surface area contributed by atoms with Crippen LogP contribution in [0.4, 0.5) is 0 Å². The van der Waals surface area contributed by atoms with Gasteiger partial charge >= 0.3 is 0 Å². The summed E-state index contributed by atoms with van der Waals surface area (Å²) in [7, 11) is 0. The molecule has 1 aliphatic rings. The number of ether oxygens (including phenoxy) is 1. The highest BCUT2D eigenvalue weighted by atomic mass is 16.5. The van der Waals surface area contributed by atoms with Crippen LogP contribution in [0.1, 0.15) is 45.2 Å². The minimum Gasteiger partial charge on any atom is -0.471 e. The Hall–Kier alpha value is -1.65. The molecule has 0 spiro atoms. The molecule has 2 atom stereocenters. The summed E-state index contributed by atoms with van der Waals surface area (Å²) < 4.78 is 5.85. The van der Waals surface area contributed by atoms with E-state index in [4.69, 9.17) is 4.74 Å². The first-order valence-electron chi connectivity index (χ1n) is 7.83. The lowest BCUT2D eigenvalue weighted by Gasteiger charge is -2.33. The van der Waals surface area contributed by atoms with Gasteiger partial charge in [0.15, 0.2) is 0 Å². The fourth-order valence-corrected chi connectivity index (χ4v) is 2.45. The summed E-state index contributed by atoms with van der Waals surface area (Å²) in [6.07, 6.45) is 3.64. The maximum atomic E-state index is 12.3. The van der Waals surface area contributed by atoms with Gasteiger partial charge in [0.2, 0.25) is 11.8 Å². The quantitative estimate of drug-likeness (QED) is 0.836. The summed E-state index contributed by atoms with van der Waals surface area (Å²) >= 11 is 0. The van der Waals surface area contributed by atoms with E-state index in [0.717, 1.165) is 31.5 Å². The van der Waals surface area contributed by atoms with E-state index in [9.17, 15) is 4.79 Å². The van der Waals surface area contributed by atoms with Gasteiger partial charge in [-0.05, 0) is 31.7 Å². The molecule has 1 fully saturated rings. The monoisotopic (exact) mass is 291 g/mol. The molecule has 1 aromatic heterocycles. The van der Waals surface area contributed by atoms with Gasteiger partial charge in [-0.1, -0.05) is 20.3 Å². The van der Waals surface area contributed by atoms with Gasteiger partial charge in [0.05, 0.1) is 12.2 Å². The molecule has 21 heavy (non-hydrogen) atoms. The second-order valence-corrected chi connectivity index (χ2v) is 5.95. The Labute approximate surface area is 126 Å². The molecule has 5 nitrogen and oxygen atoms in total. The number of aromatic nitrogens is 2. The lowest BCUT2D eigenvalue weighted by molar-refractivity contribution is -0.134. The Morgan fingerprint density at radius 3 is 2.95 bits per heavy atom. The minimum atomic E-state index is 0.0247. The van der Waals surface area contributed by atoms with Crippen LogP contribution in [-0.2, 0) is 4.79 Å². The molecule has 0 bridgehead atoms. The Morgan fingerprint density at radius 1 is 1.48 bits per heavy atom. The van der Waals surface area contributed by atoms with E-state index >= 15 is 0 Å². The smallest absolute Gasteiger partial charge is 0.233 e. The normalized spacial score (nSPS) is 20.1. The number of likely N-dealkylation sites (tertiary alicyclic amines) is 1. The van der Waals surface area contributed by atoms with Crippen molar-refractivity contribution in [2.75, 3.05) is 13.1 Å². The van der Waals surface area contributed by atoms with E-state index in [0.29, 0.717) is 24.8 Å². The van der Waals surface area contributed by atoms with Crippen molar-refractivity contribution in [1.29, 1.82) is 0 Å². The van der Waals surface area contributed by atoms with Crippen molar-refractivity contribution < 1.29 is 9.53 Å². The Bertz CT molecular complexity index is 461. The van der Waals surface area contributed by atoms with E-state index in [2.05, 4.69) is 24.0 Å². The van der Waals surface area contributed by atoms with Gasteiger partial charge in [-0.25, -0.2) is 0 Å². The molecule has 0 saturated carbocycles. The van der Waals surface area contributed by atoms with Crippen molar-refractivity contribution in [3.05, 3.63) is 17.8 Å². The number of rotatable bonds is 5. The number of carbonyl (C=O) groups is 1. The SMILES string of the molecule is CCC(C)CC(=O)N1CCCC(Oc2ccc(C)nn2)C1. The first-order valence-corrected chi connectivity index (χ1v) is 7.83. The van der Waals surface area contributed by atoms with Crippen molar-refractivity contribution in [2.45, 2.75) is 52.6 Å². The zero-order chi connectivity index (χ0) is 15.2. The summed E-state index contributed by atoms with van der Waals surface area (Å²) in [6.45, 7) is 7.64. The molecule has 0 aliphatic carbocycles. The number of carbonyl (C=O) groups excluding carboxylic acids is 1. The number of hydrogen-bond acceptors (Lipinski definition) is 4. The zero-order valence-electron chi connectivity index (χ0n) is 13.2. The molecule has 1 aliphatic heterocycles. The average Bonchev–Trinajstić information content (AvgIpc) is 2.49. The summed E-state index contributed by atoms with van der Waals surface area (Å²) in [5, 5.41) is 8.02. The van der Waals surface area contributed by atoms with Crippen LogP contribution in [0, 0.1) is 12.8 Å². The maximum absolute atomic E-state index is 12.3. The molecule has 0 aromatic carbocycles. The fraction of sp³-hybridized carbons (Fsp3) is 0.688. The molecule has 1 amide bonds. The molecule has 2 unspecified atom stereocenters. The molecule has 116 valence electrons. The third-order valence-electron chi connectivity index (χ3n) is 4.01. The molecular formula is C16H25N3O2. The lowest BCUT2D eigenvalue weighted by atomic mass is 10.0. The fourth-order valence-electron chi connectivity index (χ4n) is 2.45. The van der Waals surface area contributed by atoms with Gasteiger partial charge < -0.3 is 9.64 Å². The average molecular weight is 291 g/mol. The topological polar surface area (TPSA) is 55.3 Å². The highest BCUT2D eigenvalue weighted by Crippen LogP contribution is 2.18. The van der Waals surface area contributed by atoms with Crippen LogP contribution in [0.5, 0.6) is 5.88 Å². The van der Waals surface area contributed by atoms with Crippen LogP contribution in [0.25, 0.3) is 0 Å². The molecule has 1 aromatic rings. The van der Waals surface area contributed by atoms with Crippen molar-refractivity contribution in [2.24, 2.45) is 5.92 Å². The van der Waals surface area contributed by atoms with E-state index in [-0.39, 0.29) is 12.0 Å². The predicted octanol–water partition coefficient (Wildman–Crippen LogP) is 2.59. The summed E-state index contributed by atoms with van der Waals surface area (Å²) in [6, 6.07) is 3.72. The van der Waals surface area contributed by atoms with Gasteiger partial charge in [-0.2, -0.15) is 5.10 Å². The number of amides is 1. The minimum absolute atomic E-state index is 0.0247. The number of piperidine rings is 1. The molecule has 2 heterocycles. The van der Waals surface area contributed by atoms with Gasteiger partial charge in [0.1, 0.15) is 6.10 Å². The van der Waals surface area contributed by atoms with E-state index in [1.165, 1.54) is 0 Å². The first kappa shape index (κ1) is 15.7. The third kappa shape index (κ3) is 4.69. The second-order valence-electron chi connectivity index (χ2n) is 5.95. The Morgan fingerprint density at radius 2 is 2.29 bits per heavy atom. The van der Waals surface area contributed by atoms with Crippen molar-refractivity contribution in [1.82, 2.24) is 15.1 Å². The van der Waals surface area contributed by atoms with Crippen LogP contribution in [-0.4, -0.2) is 40.2 Å². The summed E-state index contributed by atoms with van der Waals surface area (Å²) in [5.41, 5.74) is 0.872. The van der Waals surface area contributed by atoms with Crippen LogP contribution in [0.2, 0.25) is 0 Å². The number of aryl methyl sites for hydroxylation is 1. The summed E-state index contributed by atoms with van der Waals surface area (Å²) in [5.74, 6) is 1.23. The van der Waals surface area contributed by atoms with Crippen LogP contribution in [0.15, 0.2) is 12.1 Å². The van der Waals surface area contributed by atoms with E-state index < -0.39 is 0 Å². The molecule has 0 radical (unpaired) electrons. The number of nitrogens with zero attached hydrogens (tertiary/aromatic N) is 3. The molecule has 5 heteroatoms. The van der Waals surface area contributed by atoms with Crippen LogP contribution in [0.3, 0.4) is 0 Å². The summed E-state index contributed by atoms with van der Waals surface area (Å²) in [4.78, 5) is 14.2. The van der Waals surface area contributed by atoms with Crippen molar-refractivity contribution in [3.8, 4) is 5.88 Å². The largest absolute Gasteiger partial charge is 0.471 e. The molecule has 0 N–H and O–H groups in total. The third-order valence-corrected chi connectivity index (χ3v) is 4.01. The van der Waals surface area contributed by atoms with Crippen molar-refractivity contribution >= 4 is 5.91 Å². The molecule has 2 rings (SSSR count). The highest BCUT2D eigenvalue weighted by molar-refractivity contribution is 5.76. The standard InChI is InChI=1S/C16H25N3O2/c1-4-12(2)10-16(20)19-9-5-6-14(11-19)21-15-8-7-13(3)17-18-15/h7-8,12,14H,4-6,9-11H2,1-3H3.